The van der Waals surface area contributed by atoms with E-state index in [4.69, 9.17) is 0 Å². The molecular formula is C12H12N2. The summed E-state index contributed by atoms with van der Waals surface area (Å²) < 4.78 is 0. The molecule has 0 spiro atoms. The minimum absolute atomic E-state index is 0.292. The molecule has 0 saturated carbocycles. The van der Waals surface area contributed by atoms with Crippen LogP contribution in [0.1, 0.15) is 5.56 Å². The maximum Gasteiger partial charge on any atom is 0.124 e. The van der Waals surface area contributed by atoms with Crippen LogP contribution in [0.3, 0.4) is 0 Å². The van der Waals surface area contributed by atoms with E-state index < -0.39 is 0 Å². The van der Waals surface area contributed by atoms with Gasteiger partial charge in [0.05, 0.1) is 0 Å². The normalized spacial score (nSPS) is 33.0. The Labute approximate surface area is 83.9 Å². The van der Waals surface area contributed by atoms with Crippen molar-refractivity contribution >= 4 is 0 Å². The number of benzene rings is 1. The van der Waals surface area contributed by atoms with Gasteiger partial charge >= 0.3 is 0 Å². The van der Waals surface area contributed by atoms with Gasteiger partial charge in [0.25, 0.3) is 0 Å². The van der Waals surface area contributed by atoms with Crippen LogP contribution < -0.4 is 5.32 Å². The molecule has 1 aromatic carbocycles. The Hall–Kier alpha value is -1.30. The van der Waals surface area contributed by atoms with Gasteiger partial charge < -0.3 is 0 Å². The summed E-state index contributed by atoms with van der Waals surface area (Å²) in [5.74, 6) is 6.44. The third kappa shape index (κ3) is 1.41. The molecule has 0 bridgehead atoms. The summed E-state index contributed by atoms with van der Waals surface area (Å²) in [6.07, 6.45) is 0.292. The first-order valence-corrected chi connectivity index (χ1v) is 4.99. The topological polar surface area (TPSA) is 15.0 Å². The Morgan fingerprint density at radius 3 is 2.79 bits per heavy atom. The molecule has 2 nitrogen and oxygen atoms in total. The highest BCUT2D eigenvalue weighted by Crippen LogP contribution is 2.24. The molecule has 2 aliphatic heterocycles. The number of hydrogen-bond donors (Lipinski definition) is 1. The van der Waals surface area contributed by atoms with Gasteiger partial charge in [0.15, 0.2) is 0 Å². The number of nitrogens with zero attached hydrogens (tertiary/aromatic N) is 1. The molecule has 3 unspecified atom stereocenters. The summed E-state index contributed by atoms with van der Waals surface area (Å²) in [5.41, 5.74) is 1.10. The van der Waals surface area contributed by atoms with Crippen molar-refractivity contribution < 1.29 is 0 Å². The summed E-state index contributed by atoms with van der Waals surface area (Å²) in [6, 6.07) is 10.9. The lowest BCUT2D eigenvalue weighted by atomic mass is 10.2. The average Bonchev–Trinajstić information content (AvgIpc) is 2.92. The molecule has 2 aliphatic rings. The van der Waals surface area contributed by atoms with E-state index in [2.05, 4.69) is 22.1 Å². The van der Waals surface area contributed by atoms with E-state index in [0.29, 0.717) is 6.17 Å². The van der Waals surface area contributed by atoms with Gasteiger partial charge in [0.1, 0.15) is 6.17 Å². The van der Waals surface area contributed by atoms with Crippen molar-refractivity contribution in [3.63, 3.8) is 0 Å². The van der Waals surface area contributed by atoms with E-state index in [-0.39, 0.29) is 0 Å². The molecule has 70 valence electrons. The van der Waals surface area contributed by atoms with E-state index in [1.807, 2.05) is 30.3 Å². The summed E-state index contributed by atoms with van der Waals surface area (Å²) in [4.78, 5) is 2.38. The minimum Gasteiger partial charge on any atom is -0.290 e. The predicted molar refractivity (Wildman–Crippen MR) is 55.6 cm³/mol. The van der Waals surface area contributed by atoms with Crippen LogP contribution in [-0.2, 0) is 0 Å². The Morgan fingerprint density at radius 2 is 2.14 bits per heavy atom. The van der Waals surface area contributed by atoms with E-state index in [9.17, 15) is 0 Å². The van der Waals surface area contributed by atoms with Crippen LogP contribution >= 0.6 is 0 Å². The second-order valence-corrected chi connectivity index (χ2v) is 3.80. The largest absolute Gasteiger partial charge is 0.290 e. The van der Waals surface area contributed by atoms with Gasteiger partial charge in [-0.05, 0) is 12.1 Å². The molecule has 2 fully saturated rings. The predicted octanol–water partition coefficient (Wildman–Crippen LogP) is 0.652. The SMILES string of the molecule is C(#CC1NCC2CN21)c1ccccc1. The highest BCUT2D eigenvalue weighted by atomic mass is 15.5. The summed E-state index contributed by atoms with van der Waals surface area (Å²) in [7, 11) is 0. The van der Waals surface area contributed by atoms with Crippen molar-refractivity contribution in [2.24, 2.45) is 0 Å². The number of nitrogens with one attached hydrogen (secondary N) is 1. The summed E-state index contributed by atoms with van der Waals surface area (Å²) in [6.45, 7) is 2.33. The van der Waals surface area contributed by atoms with Gasteiger partial charge in [-0.2, -0.15) is 0 Å². The molecule has 0 aromatic heterocycles. The van der Waals surface area contributed by atoms with Crippen molar-refractivity contribution in [2.75, 3.05) is 13.1 Å². The van der Waals surface area contributed by atoms with Gasteiger partial charge in [-0.15, -0.1) is 0 Å². The van der Waals surface area contributed by atoms with Crippen LogP contribution in [0.15, 0.2) is 30.3 Å². The second-order valence-electron chi connectivity index (χ2n) is 3.80. The standard InChI is InChI=1S/C12H12N2/c1-2-4-10(5-3-1)6-7-12-13-8-11-9-14(11)12/h1-5,11-13H,8-9H2. The molecular weight excluding hydrogens is 172 g/mol. The van der Waals surface area contributed by atoms with Gasteiger partial charge in [0, 0.05) is 24.7 Å². The van der Waals surface area contributed by atoms with Crippen LogP contribution in [0, 0.1) is 11.8 Å². The highest BCUT2D eigenvalue weighted by molar-refractivity contribution is 5.35. The van der Waals surface area contributed by atoms with Crippen LogP contribution in [-0.4, -0.2) is 30.2 Å². The van der Waals surface area contributed by atoms with Crippen molar-refractivity contribution in [1.29, 1.82) is 0 Å². The van der Waals surface area contributed by atoms with E-state index in [1.165, 1.54) is 6.54 Å². The Bertz CT molecular complexity index is 388. The van der Waals surface area contributed by atoms with E-state index in [0.717, 1.165) is 18.2 Å². The molecule has 2 saturated heterocycles. The maximum atomic E-state index is 3.38. The minimum atomic E-state index is 0.292. The molecule has 2 heteroatoms. The van der Waals surface area contributed by atoms with Crippen molar-refractivity contribution in [2.45, 2.75) is 12.2 Å². The molecule has 0 aliphatic carbocycles. The van der Waals surface area contributed by atoms with Crippen molar-refractivity contribution in [3.8, 4) is 11.8 Å². The molecule has 14 heavy (non-hydrogen) atoms. The molecule has 1 N–H and O–H groups in total. The fourth-order valence-corrected chi connectivity index (χ4v) is 1.87. The Kier molecular flexibility index (Phi) is 1.80. The first kappa shape index (κ1) is 8.05. The molecule has 2 heterocycles. The fourth-order valence-electron chi connectivity index (χ4n) is 1.87. The van der Waals surface area contributed by atoms with Gasteiger partial charge in [-0.1, -0.05) is 30.0 Å². The maximum absolute atomic E-state index is 3.38. The zero-order valence-corrected chi connectivity index (χ0v) is 7.90. The quantitative estimate of drug-likeness (QED) is 0.470. The lowest BCUT2D eigenvalue weighted by Crippen LogP contribution is -2.28. The lowest BCUT2D eigenvalue weighted by molar-refractivity contribution is 0.477. The first-order chi connectivity index (χ1) is 6.93. The lowest BCUT2D eigenvalue weighted by Gasteiger charge is -2.04. The van der Waals surface area contributed by atoms with Crippen molar-refractivity contribution in [1.82, 2.24) is 10.2 Å². The Balaban J connectivity index is 1.74. The van der Waals surface area contributed by atoms with Crippen LogP contribution in [0.25, 0.3) is 0 Å². The smallest absolute Gasteiger partial charge is 0.124 e. The molecule has 3 rings (SSSR count). The summed E-state index contributed by atoms with van der Waals surface area (Å²) in [5, 5.41) is 3.38. The summed E-state index contributed by atoms with van der Waals surface area (Å²) >= 11 is 0. The monoisotopic (exact) mass is 184 g/mol. The fraction of sp³-hybridized carbons (Fsp3) is 0.333. The van der Waals surface area contributed by atoms with E-state index in [1.54, 1.807) is 0 Å². The first-order valence-electron chi connectivity index (χ1n) is 4.99. The Morgan fingerprint density at radius 1 is 1.29 bits per heavy atom. The van der Waals surface area contributed by atoms with Gasteiger partial charge in [0.2, 0.25) is 0 Å². The van der Waals surface area contributed by atoms with Gasteiger partial charge in [-0.25, -0.2) is 0 Å². The number of hydrogen-bond acceptors (Lipinski definition) is 2. The highest BCUT2D eigenvalue weighted by Gasteiger charge is 2.44. The molecule has 0 radical (unpaired) electrons. The zero-order valence-electron chi connectivity index (χ0n) is 7.90. The molecule has 1 aromatic rings. The van der Waals surface area contributed by atoms with E-state index >= 15 is 0 Å². The third-order valence-corrected chi connectivity index (χ3v) is 2.76. The zero-order chi connectivity index (χ0) is 9.38. The van der Waals surface area contributed by atoms with Crippen LogP contribution in [0.4, 0.5) is 0 Å². The van der Waals surface area contributed by atoms with Crippen LogP contribution in [0.2, 0.25) is 0 Å². The van der Waals surface area contributed by atoms with Crippen LogP contribution in [0.5, 0.6) is 0 Å². The van der Waals surface area contributed by atoms with Gasteiger partial charge in [-0.3, -0.25) is 10.2 Å². The van der Waals surface area contributed by atoms with Crippen molar-refractivity contribution in [3.05, 3.63) is 35.9 Å². The molecule has 3 atom stereocenters. The second kappa shape index (κ2) is 3.13. The third-order valence-electron chi connectivity index (χ3n) is 2.76. The number of rotatable bonds is 0. The molecule has 0 amide bonds. The number of fused-ring (bicyclic) bond motifs is 1. The average molecular weight is 184 g/mol.